The molecule has 0 aromatic rings. The molecule has 0 heterocycles. The Morgan fingerprint density at radius 1 is 0.692 bits per heavy atom. The molecule has 154 valence electrons. The van der Waals surface area contributed by atoms with Crippen LogP contribution in [-0.4, -0.2) is 23.7 Å². The summed E-state index contributed by atoms with van der Waals surface area (Å²) in [5.41, 5.74) is 0. The number of hydrogen-bond acceptors (Lipinski definition) is 3. The van der Waals surface area contributed by atoms with E-state index in [-0.39, 0.29) is 5.97 Å². The molecule has 0 bridgehead atoms. The predicted octanol–water partition coefficient (Wildman–Crippen LogP) is 6.51. The van der Waals surface area contributed by atoms with E-state index in [1.807, 2.05) is 0 Å². The Bertz CT molecular complexity index is 339. The molecule has 1 N–H and O–H groups in total. The van der Waals surface area contributed by atoms with Crippen molar-refractivity contribution in [3.05, 3.63) is 0 Å². The van der Waals surface area contributed by atoms with Crippen LogP contribution in [0.3, 0.4) is 0 Å². The van der Waals surface area contributed by atoms with E-state index in [4.69, 9.17) is 9.84 Å². The molecule has 0 spiro atoms. The second-order valence-corrected chi connectivity index (χ2v) is 7.89. The van der Waals surface area contributed by atoms with E-state index in [2.05, 4.69) is 13.8 Å². The first-order chi connectivity index (χ1) is 12.5. The fourth-order valence-electron chi connectivity index (χ4n) is 3.05. The van der Waals surface area contributed by atoms with Gasteiger partial charge < -0.3 is 9.84 Å². The van der Waals surface area contributed by atoms with Gasteiger partial charge in [0, 0.05) is 12.8 Å². The van der Waals surface area contributed by atoms with Crippen molar-refractivity contribution in [2.45, 2.75) is 117 Å². The highest BCUT2D eigenvalue weighted by Crippen LogP contribution is 2.12. The molecule has 0 rings (SSSR count). The molecule has 0 saturated heterocycles. The van der Waals surface area contributed by atoms with E-state index in [1.54, 1.807) is 0 Å². The number of rotatable bonds is 19. The van der Waals surface area contributed by atoms with Gasteiger partial charge in [0.1, 0.15) is 0 Å². The molecular weight excluding hydrogens is 328 g/mol. The van der Waals surface area contributed by atoms with Crippen molar-refractivity contribution in [1.29, 1.82) is 0 Å². The fourth-order valence-corrected chi connectivity index (χ4v) is 3.05. The quantitative estimate of drug-likeness (QED) is 0.208. The maximum Gasteiger partial charge on any atom is 0.305 e. The Kier molecular flexibility index (Phi) is 18.0. The monoisotopic (exact) mass is 370 g/mol. The third kappa shape index (κ3) is 21.0. The van der Waals surface area contributed by atoms with Gasteiger partial charge in [-0.3, -0.25) is 9.59 Å². The van der Waals surface area contributed by atoms with Crippen LogP contribution < -0.4 is 0 Å². The van der Waals surface area contributed by atoms with Crippen LogP contribution in [0.2, 0.25) is 0 Å². The van der Waals surface area contributed by atoms with Crippen LogP contribution in [-0.2, 0) is 14.3 Å². The van der Waals surface area contributed by atoms with Crippen LogP contribution in [0.5, 0.6) is 0 Å². The maximum absolute atomic E-state index is 11.6. The first-order valence-electron chi connectivity index (χ1n) is 10.9. The molecule has 0 saturated carbocycles. The van der Waals surface area contributed by atoms with Crippen LogP contribution in [0, 0.1) is 5.92 Å². The largest absolute Gasteiger partial charge is 0.481 e. The van der Waals surface area contributed by atoms with Gasteiger partial charge in [-0.25, -0.2) is 0 Å². The molecule has 0 radical (unpaired) electrons. The van der Waals surface area contributed by atoms with Gasteiger partial charge in [0.05, 0.1) is 6.61 Å². The van der Waals surface area contributed by atoms with Crippen LogP contribution >= 0.6 is 0 Å². The van der Waals surface area contributed by atoms with E-state index in [0.29, 0.717) is 19.4 Å². The number of aliphatic carboxylic acids is 1. The number of carbonyl (C=O) groups excluding carboxylic acids is 1. The highest BCUT2D eigenvalue weighted by atomic mass is 16.5. The molecule has 0 aromatic carbocycles. The van der Waals surface area contributed by atoms with Crippen molar-refractivity contribution in [2.75, 3.05) is 6.61 Å². The standard InChI is InChI=1S/C22H42O4/c1-20(2)16-12-10-11-15-19-26-22(25)18-14-9-7-5-3-4-6-8-13-17-21(23)24/h20H,3-19H2,1-2H3,(H,23,24). The Morgan fingerprint density at radius 2 is 1.15 bits per heavy atom. The van der Waals surface area contributed by atoms with Crippen LogP contribution in [0.25, 0.3) is 0 Å². The lowest BCUT2D eigenvalue weighted by atomic mass is 10.0. The van der Waals surface area contributed by atoms with E-state index in [9.17, 15) is 9.59 Å². The van der Waals surface area contributed by atoms with Crippen molar-refractivity contribution >= 4 is 11.9 Å². The predicted molar refractivity (Wildman–Crippen MR) is 107 cm³/mol. The summed E-state index contributed by atoms with van der Waals surface area (Å²) in [6.07, 6.45) is 16.6. The number of carbonyl (C=O) groups is 2. The highest BCUT2D eigenvalue weighted by Gasteiger charge is 2.03. The molecule has 0 unspecified atom stereocenters. The van der Waals surface area contributed by atoms with Gasteiger partial charge in [-0.1, -0.05) is 84.5 Å². The number of carboxylic acid groups (broad SMARTS) is 1. The van der Waals surface area contributed by atoms with Gasteiger partial charge in [0.25, 0.3) is 0 Å². The van der Waals surface area contributed by atoms with E-state index >= 15 is 0 Å². The lowest BCUT2D eigenvalue weighted by molar-refractivity contribution is -0.144. The molecular formula is C22H42O4. The molecule has 4 heteroatoms. The van der Waals surface area contributed by atoms with Crippen LogP contribution in [0.1, 0.15) is 117 Å². The molecule has 0 atom stereocenters. The molecule has 0 fully saturated rings. The number of esters is 1. The Morgan fingerprint density at radius 3 is 1.69 bits per heavy atom. The second kappa shape index (κ2) is 18.7. The normalized spacial score (nSPS) is 11.0. The number of ether oxygens (including phenoxy) is 1. The number of carboxylic acids is 1. The minimum atomic E-state index is -0.690. The average Bonchev–Trinajstić information content (AvgIpc) is 2.58. The number of unbranched alkanes of at least 4 members (excludes halogenated alkanes) is 11. The summed E-state index contributed by atoms with van der Waals surface area (Å²) in [6.45, 7) is 5.10. The molecule has 26 heavy (non-hydrogen) atoms. The summed E-state index contributed by atoms with van der Waals surface area (Å²) in [6, 6.07) is 0. The minimum absolute atomic E-state index is 0.0365. The first-order valence-corrected chi connectivity index (χ1v) is 10.9. The second-order valence-electron chi connectivity index (χ2n) is 7.89. The van der Waals surface area contributed by atoms with Gasteiger partial charge >= 0.3 is 11.9 Å². The van der Waals surface area contributed by atoms with Crippen molar-refractivity contribution in [3.63, 3.8) is 0 Å². The zero-order valence-corrected chi connectivity index (χ0v) is 17.3. The summed E-state index contributed by atoms with van der Waals surface area (Å²) in [7, 11) is 0. The lowest BCUT2D eigenvalue weighted by Crippen LogP contribution is -2.05. The molecule has 0 amide bonds. The summed E-state index contributed by atoms with van der Waals surface area (Å²) in [5.74, 6) is 0.0624. The van der Waals surface area contributed by atoms with Gasteiger partial charge in [0.2, 0.25) is 0 Å². The highest BCUT2D eigenvalue weighted by molar-refractivity contribution is 5.69. The van der Waals surface area contributed by atoms with Crippen molar-refractivity contribution in [1.82, 2.24) is 0 Å². The zero-order valence-electron chi connectivity index (χ0n) is 17.3. The topological polar surface area (TPSA) is 63.6 Å². The Hall–Kier alpha value is -1.06. The zero-order chi connectivity index (χ0) is 19.5. The molecule has 4 nitrogen and oxygen atoms in total. The third-order valence-electron chi connectivity index (χ3n) is 4.71. The van der Waals surface area contributed by atoms with Crippen LogP contribution in [0.15, 0.2) is 0 Å². The fraction of sp³-hybridized carbons (Fsp3) is 0.909. The molecule has 0 aliphatic carbocycles. The van der Waals surface area contributed by atoms with Gasteiger partial charge in [-0.2, -0.15) is 0 Å². The number of hydrogen-bond donors (Lipinski definition) is 1. The Labute approximate surface area is 161 Å². The summed E-state index contributed by atoms with van der Waals surface area (Å²) < 4.78 is 5.29. The van der Waals surface area contributed by atoms with Gasteiger partial charge in [-0.15, -0.1) is 0 Å². The maximum atomic E-state index is 11.6. The van der Waals surface area contributed by atoms with Crippen molar-refractivity contribution < 1.29 is 19.4 Å². The summed E-state index contributed by atoms with van der Waals surface area (Å²) in [5, 5.41) is 8.55. The first kappa shape index (κ1) is 24.9. The summed E-state index contributed by atoms with van der Waals surface area (Å²) in [4.78, 5) is 22.0. The van der Waals surface area contributed by atoms with Gasteiger partial charge in [0.15, 0.2) is 0 Å². The van der Waals surface area contributed by atoms with Gasteiger partial charge in [-0.05, 0) is 25.2 Å². The van der Waals surface area contributed by atoms with Crippen molar-refractivity contribution in [3.8, 4) is 0 Å². The molecule has 0 aliphatic heterocycles. The minimum Gasteiger partial charge on any atom is -0.481 e. The van der Waals surface area contributed by atoms with Crippen LogP contribution in [0.4, 0.5) is 0 Å². The SMILES string of the molecule is CC(C)CCCCCCOC(=O)CCCCCCCCCCCC(=O)O. The summed E-state index contributed by atoms with van der Waals surface area (Å²) >= 11 is 0. The molecule has 0 aromatic heterocycles. The average molecular weight is 371 g/mol. The lowest BCUT2D eigenvalue weighted by Gasteiger charge is -2.06. The molecule has 0 aliphatic rings. The van der Waals surface area contributed by atoms with E-state index in [0.717, 1.165) is 50.9 Å². The smallest absolute Gasteiger partial charge is 0.305 e. The van der Waals surface area contributed by atoms with E-state index in [1.165, 1.54) is 44.9 Å². The van der Waals surface area contributed by atoms with Crippen molar-refractivity contribution in [2.24, 2.45) is 5.92 Å². The third-order valence-corrected chi connectivity index (χ3v) is 4.71. The Balaban J connectivity index is 3.18. The van der Waals surface area contributed by atoms with E-state index < -0.39 is 5.97 Å².